The lowest BCUT2D eigenvalue weighted by Crippen LogP contribution is -2.36. The third-order valence-corrected chi connectivity index (χ3v) is 3.64. The fraction of sp³-hybridized carbons (Fsp3) is 0.571. The number of ketones is 1. The smallest absolute Gasteiger partial charge is 0.133 e. The normalized spacial score (nSPS) is 17.6. The highest BCUT2D eigenvalue weighted by Gasteiger charge is 2.21. The van der Waals surface area contributed by atoms with Crippen LogP contribution in [0.25, 0.3) is 0 Å². The predicted molar refractivity (Wildman–Crippen MR) is 67.8 cm³/mol. The van der Waals surface area contributed by atoms with Crippen molar-refractivity contribution in [3.8, 4) is 0 Å². The van der Waals surface area contributed by atoms with E-state index in [9.17, 15) is 4.79 Å². The molecule has 2 rings (SSSR count). The number of hydrogen-bond acceptors (Lipinski definition) is 3. The molecule has 92 valence electrons. The first-order valence-corrected chi connectivity index (χ1v) is 6.36. The van der Waals surface area contributed by atoms with Crippen LogP contribution in [0.2, 0.25) is 0 Å². The van der Waals surface area contributed by atoms with Crippen molar-refractivity contribution >= 4 is 5.78 Å². The highest BCUT2D eigenvalue weighted by atomic mass is 16.1. The van der Waals surface area contributed by atoms with Gasteiger partial charge in [-0.15, -0.1) is 0 Å². The van der Waals surface area contributed by atoms with Crippen LogP contribution in [0.3, 0.4) is 0 Å². The Bertz CT molecular complexity index is 354. The molecule has 1 fully saturated rings. The molecule has 0 aromatic carbocycles. The van der Waals surface area contributed by atoms with Crippen molar-refractivity contribution in [2.24, 2.45) is 0 Å². The Labute approximate surface area is 103 Å². The van der Waals surface area contributed by atoms with Gasteiger partial charge >= 0.3 is 0 Å². The molecule has 1 heterocycles. The largest absolute Gasteiger partial charge is 0.303 e. The Morgan fingerprint density at radius 1 is 1.29 bits per heavy atom. The fourth-order valence-electron chi connectivity index (χ4n) is 2.40. The number of Topliss-reactive ketones (excluding diaryl/α,β-unsaturated/α-hetero) is 1. The highest BCUT2D eigenvalue weighted by Crippen LogP contribution is 2.19. The zero-order valence-corrected chi connectivity index (χ0v) is 10.4. The average molecular weight is 232 g/mol. The van der Waals surface area contributed by atoms with Gasteiger partial charge in [-0.25, -0.2) is 0 Å². The van der Waals surface area contributed by atoms with Crippen molar-refractivity contribution in [2.75, 3.05) is 13.6 Å². The van der Waals surface area contributed by atoms with Crippen molar-refractivity contribution in [2.45, 2.75) is 38.1 Å². The molecular formula is C14H20N2O. The van der Waals surface area contributed by atoms with Crippen molar-refractivity contribution < 1.29 is 4.79 Å². The van der Waals surface area contributed by atoms with E-state index in [0.717, 1.165) is 38.6 Å². The zero-order valence-electron chi connectivity index (χ0n) is 10.4. The summed E-state index contributed by atoms with van der Waals surface area (Å²) in [5.74, 6) is 0.434. The molecule has 3 nitrogen and oxygen atoms in total. The van der Waals surface area contributed by atoms with Gasteiger partial charge in [0, 0.05) is 37.8 Å². The van der Waals surface area contributed by atoms with Crippen LogP contribution in [0.5, 0.6) is 0 Å². The lowest BCUT2D eigenvalue weighted by atomic mass is 9.93. The Balaban J connectivity index is 1.77. The van der Waals surface area contributed by atoms with Crippen LogP contribution in [0.15, 0.2) is 24.5 Å². The molecule has 1 saturated carbocycles. The molecule has 0 aliphatic heterocycles. The Kier molecular flexibility index (Phi) is 4.26. The summed E-state index contributed by atoms with van der Waals surface area (Å²) in [6, 6.07) is 4.73. The monoisotopic (exact) mass is 232 g/mol. The number of hydrogen-bond donors (Lipinski definition) is 0. The molecule has 1 aromatic heterocycles. The van der Waals surface area contributed by atoms with Gasteiger partial charge < -0.3 is 4.90 Å². The first kappa shape index (κ1) is 12.2. The molecule has 0 bridgehead atoms. The molecule has 0 unspecified atom stereocenters. The Morgan fingerprint density at radius 2 is 1.94 bits per heavy atom. The molecular weight excluding hydrogens is 212 g/mol. The Morgan fingerprint density at radius 3 is 2.59 bits per heavy atom. The summed E-state index contributed by atoms with van der Waals surface area (Å²) < 4.78 is 0. The van der Waals surface area contributed by atoms with Crippen molar-refractivity contribution in [3.63, 3.8) is 0 Å². The van der Waals surface area contributed by atoms with Crippen LogP contribution < -0.4 is 0 Å². The maximum Gasteiger partial charge on any atom is 0.133 e. The first-order valence-electron chi connectivity index (χ1n) is 6.36. The number of nitrogens with zero attached hydrogens (tertiary/aromatic N) is 2. The lowest BCUT2D eigenvalue weighted by molar-refractivity contribution is -0.121. The van der Waals surface area contributed by atoms with E-state index < -0.39 is 0 Å². The summed E-state index contributed by atoms with van der Waals surface area (Å²) in [7, 11) is 2.17. The van der Waals surface area contributed by atoms with Crippen LogP contribution in [0.4, 0.5) is 0 Å². The van der Waals surface area contributed by atoms with Gasteiger partial charge in [0.15, 0.2) is 0 Å². The molecule has 17 heavy (non-hydrogen) atoms. The first-order chi connectivity index (χ1) is 8.25. The zero-order chi connectivity index (χ0) is 12.1. The van der Waals surface area contributed by atoms with E-state index in [0.29, 0.717) is 11.8 Å². The summed E-state index contributed by atoms with van der Waals surface area (Å²) in [4.78, 5) is 17.6. The lowest BCUT2D eigenvalue weighted by Gasteiger charge is -2.30. The van der Waals surface area contributed by atoms with E-state index in [1.165, 1.54) is 5.56 Å². The van der Waals surface area contributed by atoms with Crippen LogP contribution in [0, 0.1) is 0 Å². The molecule has 1 aliphatic carbocycles. The maximum atomic E-state index is 11.2. The molecule has 0 amide bonds. The van der Waals surface area contributed by atoms with Crippen LogP contribution >= 0.6 is 0 Å². The number of rotatable bonds is 4. The molecule has 1 aliphatic rings. The van der Waals surface area contributed by atoms with Gasteiger partial charge in [0.2, 0.25) is 0 Å². The van der Waals surface area contributed by atoms with Gasteiger partial charge in [0.25, 0.3) is 0 Å². The highest BCUT2D eigenvalue weighted by molar-refractivity contribution is 5.79. The minimum atomic E-state index is 0.434. The molecule has 0 atom stereocenters. The predicted octanol–water partition coefficient (Wildman–Crippen LogP) is 2.07. The molecule has 0 spiro atoms. The average Bonchev–Trinajstić information content (AvgIpc) is 2.38. The number of aromatic nitrogens is 1. The molecule has 0 radical (unpaired) electrons. The van der Waals surface area contributed by atoms with E-state index in [4.69, 9.17) is 0 Å². The molecule has 1 aromatic rings. The van der Waals surface area contributed by atoms with E-state index >= 15 is 0 Å². The second kappa shape index (κ2) is 5.92. The second-order valence-electron chi connectivity index (χ2n) is 4.86. The number of carbonyl (C=O) groups excluding carboxylic acids is 1. The van der Waals surface area contributed by atoms with E-state index in [1.807, 2.05) is 12.4 Å². The molecule has 3 heteroatoms. The quantitative estimate of drug-likeness (QED) is 0.796. The number of pyridine rings is 1. The standard InChI is InChI=1S/C14H20N2O/c1-16(13-2-4-14(17)5-3-13)11-8-12-6-9-15-10-7-12/h6-7,9-10,13H,2-5,8,11H2,1H3. The van der Waals surface area contributed by atoms with Crippen molar-refractivity contribution in [1.29, 1.82) is 0 Å². The topological polar surface area (TPSA) is 33.2 Å². The van der Waals surface area contributed by atoms with Crippen molar-refractivity contribution in [1.82, 2.24) is 9.88 Å². The van der Waals surface area contributed by atoms with E-state index in [-0.39, 0.29) is 0 Å². The summed E-state index contributed by atoms with van der Waals surface area (Å²) >= 11 is 0. The van der Waals surface area contributed by atoms with Gasteiger partial charge in [-0.05, 0) is 44.0 Å². The summed E-state index contributed by atoms with van der Waals surface area (Å²) in [5, 5.41) is 0. The summed E-state index contributed by atoms with van der Waals surface area (Å²) in [5.41, 5.74) is 1.33. The van der Waals surface area contributed by atoms with Gasteiger partial charge in [0.05, 0.1) is 0 Å². The third-order valence-electron chi connectivity index (χ3n) is 3.64. The Hall–Kier alpha value is -1.22. The number of carbonyl (C=O) groups is 1. The van der Waals surface area contributed by atoms with Crippen LogP contribution in [0.1, 0.15) is 31.2 Å². The van der Waals surface area contributed by atoms with Crippen molar-refractivity contribution in [3.05, 3.63) is 30.1 Å². The van der Waals surface area contributed by atoms with Gasteiger partial charge in [-0.3, -0.25) is 9.78 Å². The van der Waals surface area contributed by atoms with Gasteiger partial charge in [0.1, 0.15) is 5.78 Å². The fourth-order valence-corrected chi connectivity index (χ4v) is 2.40. The number of likely N-dealkylation sites (N-methyl/N-ethyl adjacent to an activating group) is 1. The minimum Gasteiger partial charge on any atom is -0.303 e. The maximum absolute atomic E-state index is 11.2. The van der Waals surface area contributed by atoms with Gasteiger partial charge in [-0.2, -0.15) is 0 Å². The third kappa shape index (κ3) is 3.63. The van der Waals surface area contributed by atoms with E-state index in [1.54, 1.807) is 0 Å². The molecule has 0 N–H and O–H groups in total. The van der Waals surface area contributed by atoms with E-state index in [2.05, 4.69) is 29.1 Å². The summed E-state index contributed by atoms with van der Waals surface area (Å²) in [6.45, 7) is 1.06. The molecule has 0 saturated heterocycles. The second-order valence-corrected chi connectivity index (χ2v) is 4.86. The van der Waals surface area contributed by atoms with Crippen LogP contribution in [-0.2, 0) is 11.2 Å². The summed E-state index contributed by atoms with van der Waals surface area (Å²) in [6.07, 6.45) is 8.35. The SMILES string of the molecule is CN(CCc1ccncc1)C1CCC(=O)CC1. The van der Waals surface area contributed by atoms with Gasteiger partial charge in [-0.1, -0.05) is 0 Å². The van der Waals surface area contributed by atoms with Crippen LogP contribution in [-0.4, -0.2) is 35.3 Å². The minimum absolute atomic E-state index is 0.434.